The number of nitrogens with one attached hydrogen (secondary N) is 1. The summed E-state index contributed by atoms with van der Waals surface area (Å²) in [6, 6.07) is 7.36. The van der Waals surface area contributed by atoms with Gasteiger partial charge >= 0.3 is 0 Å². The van der Waals surface area contributed by atoms with E-state index in [1.165, 1.54) is 11.3 Å². The van der Waals surface area contributed by atoms with Gasteiger partial charge in [0, 0.05) is 5.38 Å². The van der Waals surface area contributed by atoms with Crippen LogP contribution in [-0.2, 0) is 0 Å². The first-order valence-corrected chi connectivity index (χ1v) is 7.25. The zero-order chi connectivity index (χ0) is 15.0. The third-order valence-electron chi connectivity index (χ3n) is 3.07. The van der Waals surface area contributed by atoms with E-state index in [0.717, 1.165) is 10.6 Å². The Morgan fingerprint density at radius 1 is 1.24 bits per heavy atom. The zero-order valence-corrected chi connectivity index (χ0v) is 12.4. The summed E-state index contributed by atoms with van der Waals surface area (Å²) in [6.07, 6.45) is 0. The molecule has 1 aromatic carbocycles. The van der Waals surface area contributed by atoms with Crippen molar-refractivity contribution in [3.63, 3.8) is 0 Å². The van der Waals surface area contributed by atoms with Crippen molar-refractivity contribution < 1.29 is 5.11 Å². The van der Waals surface area contributed by atoms with Gasteiger partial charge in [0.15, 0.2) is 5.82 Å². The molecule has 2 aromatic heterocycles. The SMILES string of the molecule is Cc1cccc(-c2c(O)nc(-c3csc(C)n3)[nH]c2=O)c1. The van der Waals surface area contributed by atoms with Crippen LogP contribution in [-0.4, -0.2) is 20.1 Å². The zero-order valence-electron chi connectivity index (χ0n) is 11.5. The number of H-pyrrole nitrogens is 1. The van der Waals surface area contributed by atoms with E-state index in [1.807, 2.05) is 32.0 Å². The van der Waals surface area contributed by atoms with Crippen LogP contribution in [0.1, 0.15) is 10.6 Å². The molecule has 0 saturated carbocycles. The summed E-state index contributed by atoms with van der Waals surface area (Å²) >= 11 is 1.46. The number of benzene rings is 1. The molecular formula is C15H13N3O2S. The molecule has 0 aliphatic carbocycles. The molecule has 0 aliphatic heterocycles. The minimum Gasteiger partial charge on any atom is -0.493 e. The number of nitrogens with zero attached hydrogens (tertiary/aromatic N) is 2. The molecule has 3 rings (SSSR count). The Morgan fingerprint density at radius 3 is 2.67 bits per heavy atom. The van der Waals surface area contributed by atoms with Crippen molar-refractivity contribution in [1.82, 2.24) is 15.0 Å². The Kier molecular flexibility index (Phi) is 3.31. The highest BCUT2D eigenvalue weighted by molar-refractivity contribution is 7.09. The highest BCUT2D eigenvalue weighted by Crippen LogP contribution is 2.26. The molecule has 0 spiro atoms. The maximum atomic E-state index is 12.3. The number of rotatable bonds is 2. The molecule has 0 saturated heterocycles. The maximum absolute atomic E-state index is 12.3. The molecular weight excluding hydrogens is 286 g/mol. The van der Waals surface area contributed by atoms with Crippen molar-refractivity contribution in [3.05, 3.63) is 50.6 Å². The third kappa shape index (κ3) is 2.57. The van der Waals surface area contributed by atoms with Crippen LogP contribution in [0.4, 0.5) is 0 Å². The predicted octanol–water partition coefficient (Wildman–Crippen LogP) is 2.88. The van der Waals surface area contributed by atoms with Crippen LogP contribution in [0.2, 0.25) is 0 Å². The van der Waals surface area contributed by atoms with Gasteiger partial charge in [0.2, 0.25) is 5.88 Å². The molecule has 2 heterocycles. The maximum Gasteiger partial charge on any atom is 0.262 e. The molecule has 0 unspecified atom stereocenters. The van der Waals surface area contributed by atoms with Crippen LogP contribution in [0.25, 0.3) is 22.6 Å². The van der Waals surface area contributed by atoms with E-state index in [4.69, 9.17) is 0 Å². The molecule has 106 valence electrons. The normalized spacial score (nSPS) is 10.8. The van der Waals surface area contributed by atoms with Crippen LogP contribution in [0.5, 0.6) is 5.88 Å². The molecule has 2 N–H and O–H groups in total. The summed E-state index contributed by atoms with van der Waals surface area (Å²) in [4.78, 5) is 23.3. The minimum absolute atomic E-state index is 0.175. The van der Waals surface area contributed by atoms with Gasteiger partial charge in [0.1, 0.15) is 11.3 Å². The van der Waals surface area contributed by atoms with Crippen molar-refractivity contribution in [1.29, 1.82) is 0 Å². The molecule has 6 heteroatoms. The number of aromatic amines is 1. The minimum atomic E-state index is -0.381. The molecule has 0 atom stereocenters. The molecule has 3 aromatic rings. The van der Waals surface area contributed by atoms with Gasteiger partial charge in [-0.1, -0.05) is 29.8 Å². The van der Waals surface area contributed by atoms with Crippen molar-refractivity contribution in [2.24, 2.45) is 0 Å². The van der Waals surface area contributed by atoms with E-state index in [9.17, 15) is 9.90 Å². The van der Waals surface area contributed by atoms with E-state index >= 15 is 0 Å². The lowest BCUT2D eigenvalue weighted by atomic mass is 10.1. The number of thiazole rings is 1. The van der Waals surface area contributed by atoms with Gasteiger partial charge in [-0.05, 0) is 19.4 Å². The summed E-state index contributed by atoms with van der Waals surface area (Å²) in [6.45, 7) is 3.79. The van der Waals surface area contributed by atoms with Gasteiger partial charge in [0.25, 0.3) is 5.56 Å². The van der Waals surface area contributed by atoms with Crippen molar-refractivity contribution in [2.75, 3.05) is 0 Å². The second kappa shape index (κ2) is 5.14. The quantitative estimate of drug-likeness (QED) is 0.762. The summed E-state index contributed by atoms with van der Waals surface area (Å²) in [5, 5.41) is 12.8. The summed E-state index contributed by atoms with van der Waals surface area (Å²) in [5.74, 6) is -0.0109. The van der Waals surface area contributed by atoms with Crippen LogP contribution in [0, 0.1) is 13.8 Å². The highest BCUT2D eigenvalue weighted by atomic mass is 32.1. The lowest BCUT2D eigenvalue weighted by Crippen LogP contribution is -2.12. The van der Waals surface area contributed by atoms with Gasteiger partial charge in [-0.2, -0.15) is 4.98 Å². The molecule has 0 fully saturated rings. The monoisotopic (exact) mass is 299 g/mol. The Bertz CT molecular complexity index is 867. The first-order chi connectivity index (χ1) is 10.0. The van der Waals surface area contributed by atoms with E-state index in [2.05, 4.69) is 15.0 Å². The summed E-state index contributed by atoms with van der Waals surface area (Å²) in [5.41, 5.74) is 2.00. The van der Waals surface area contributed by atoms with Crippen molar-refractivity contribution >= 4 is 11.3 Å². The predicted molar refractivity (Wildman–Crippen MR) is 82.5 cm³/mol. The van der Waals surface area contributed by atoms with E-state index < -0.39 is 0 Å². The van der Waals surface area contributed by atoms with Crippen LogP contribution in [0.3, 0.4) is 0 Å². The van der Waals surface area contributed by atoms with Crippen LogP contribution in [0.15, 0.2) is 34.4 Å². The third-order valence-corrected chi connectivity index (χ3v) is 3.84. The molecule has 21 heavy (non-hydrogen) atoms. The smallest absolute Gasteiger partial charge is 0.262 e. The van der Waals surface area contributed by atoms with E-state index in [1.54, 1.807) is 11.4 Å². The standard InChI is InChI=1S/C15H13N3O2S/c1-8-4-3-5-10(6-8)12-14(19)17-13(18-15(12)20)11-7-21-9(2)16-11/h3-7H,1-2H3,(H2,17,18,19,20). The van der Waals surface area contributed by atoms with Crippen molar-refractivity contribution in [2.45, 2.75) is 13.8 Å². The van der Waals surface area contributed by atoms with Gasteiger partial charge in [-0.3, -0.25) is 4.79 Å². The average molecular weight is 299 g/mol. The lowest BCUT2D eigenvalue weighted by molar-refractivity contribution is 0.454. The Labute approximate surface area is 125 Å². The molecule has 0 amide bonds. The molecule has 0 radical (unpaired) electrons. The van der Waals surface area contributed by atoms with E-state index in [0.29, 0.717) is 11.3 Å². The second-order valence-corrected chi connectivity index (χ2v) is 5.80. The van der Waals surface area contributed by atoms with Crippen LogP contribution >= 0.6 is 11.3 Å². The van der Waals surface area contributed by atoms with Gasteiger partial charge in [0.05, 0.1) is 5.01 Å². The Balaban J connectivity index is 2.15. The highest BCUT2D eigenvalue weighted by Gasteiger charge is 2.15. The molecule has 0 bridgehead atoms. The summed E-state index contributed by atoms with van der Waals surface area (Å²) < 4.78 is 0. The van der Waals surface area contributed by atoms with Gasteiger partial charge in [-0.25, -0.2) is 4.98 Å². The Morgan fingerprint density at radius 2 is 2.05 bits per heavy atom. The number of aryl methyl sites for hydroxylation is 2. The fourth-order valence-electron chi connectivity index (χ4n) is 2.12. The number of hydrogen-bond acceptors (Lipinski definition) is 5. The second-order valence-electron chi connectivity index (χ2n) is 4.73. The van der Waals surface area contributed by atoms with Crippen molar-refractivity contribution in [3.8, 4) is 28.5 Å². The number of hydrogen-bond donors (Lipinski definition) is 2. The Hall–Kier alpha value is -2.47. The number of aromatic hydroxyl groups is 1. The average Bonchev–Trinajstić information content (AvgIpc) is 2.85. The molecule has 5 nitrogen and oxygen atoms in total. The van der Waals surface area contributed by atoms with E-state index in [-0.39, 0.29) is 22.8 Å². The largest absolute Gasteiger partial charge is 0.493 e. The van der Waals surface area contributed by atoms with Crippen LogP contribution < -0.4 is 5.56 Å². The first kappa shape index (κ1) is 13.5. The fraction of sp³-hybridized carbons (Fsp3) is 0.133. The van der Waals surface area contributed by atoms with Gasteiger partial charge < -0.3 is 10.1 Å². The fourth-order valence-corrected chi connectivity index (χ4v) is 2.71. The molecule has 0 aliphatic rings. The topological polar surface area (TPSA) is 78.9 Å². The number of aromatic nitrogens is 3. The van der Waals surface area contributed by atoms with Gasteiger partial charge in [-0.15, -0.1) is 11.3 Å². The lowest BCUT2D eigenvalue weighted by Gasteiger charge is -2.05. The first-order valence-electron chi connectivity index (χ1n) is 6.37. The summed E-state index contributed by atoms with van der Waals surface area (Å²) in [7, 11) is 0.